The highest BCUT2D eigenvalue weighted by Gasteiger charge is 2.28. The van der Waals surface area contributed by atoms with Crippen LogP contribution in [0, 0.1) is 5.92 Å². The third kappa shape index (κ3) is 6.12. The monoisotopic (exact) mass is 746 g/mol. The number of benzene rings is 5. The maximum atomic E-state index is 2.61. The Morgan fingerprint density at radius 1 is 0.621 bits per heavy atom. The van der Waals surface area contributed by atoms with Gasteiger partial charge in [0.1, 0.15) is 0 Å². The summed E-state index contributed by atoms with van der Waals surface area (Å²) < 4.78 is 2.55. The van der Waals surface area contributed by atoms with E-state index in [-0.39, 0.29) is 6.04 Å². The summed E-state index contributed by atoms with van der Waals surface area (Å²) in [5, 5.41) is 1.34. The minimum absolute atomic E-state index is 0.210. The molecule has 0 fully saturated rings. The lowest BCUT2D eigenvalue weighted by atomic mass is 9.77. The molecule has 5 aliphatic carbocycles. The molecule has 58 heavy (non-hydrogen) atoms. The Balaban J connectivity index is 1.00. The molecule has 3 unspecified atom stereocenters. The number of hydrogen-bond acceptors (Lipinski definition) is 1. The molecule has 11 rings (SSSR count). The molecule has 1 aromatic heterocycles. The third-order valence-corrected chi connectivity index (χ3v) is 12.9. The molecule has 5 aliphatic rings. The predicted molar refractivity (Wildman–Crippen MR) is 246 cm³/mol. The number of allylic oxidation sites excluding steroid dienone is 12. The Hall–Kier alpha value is -6.64. The van der Waals surface area contributed by atoms with E-state index in [0.29, 0.717) is 11.8 Å². The number of hydrogen-bond donors (Lipinski definition) is 0. The van der Waals surface area contributed by atoms with Gasteiger partial charge in [-0.05, 0) is 113 Å². The van der Waals surface area contributed by atoms with Gasteiger partial charge in [0.2, 0.25) is 0 Å². The predicted octanol–water partition coefficient (Wildman–Crippen LogP) is 14.1. The first kappa shape index (κ1) is 34.6. The Labute approximate surface area is 342 Å². The quantitative estimate of drug-likeness (QED) is 0.158. The second-order valence-electron chi connectivity index (χ2n) is 16.2. The summed E-state index contributed by atoms with van der Waals surface area (Å²) in [6.07, 6.45) is 35.5. The second-order valence-corrected chi connectivity index (χ2v) is 16.2. The van der Waals surface area contributed by atoms with Crippen molar-refractivity contribution in [1.29, 1.82) is 0 Å². The van der Waals surface area contributed by atoms with E-state index in [1.54, 1.807) is 0 Å². The van der Waals surface area contributed by atoms with Crippen molar-refractivity contribution in [3.63, 3.8) is 0 Å². The van der Waals surface area contributed by atoms with Gasteiger partial charge in [-0.3, -0.25) is 0 Å². The van der Waals surface area contributed by atoms with Crippen LogP contribution in [0.3, 0.4) is 0 Å². The molecule has 5 aromatic carbocycles. The fourth-order valence-electron chi connectivity index (χ4n) is 10.0. The van der Waals surface area contributed by atoms with Gasteiger partial charge in [-0.25, -0.2) is 0 Å². The van der Waals surface area contributed by atoms with Crippen LogP contribution in [0.1, 0.15) is 65.1 Å². The zero-order valence-corrected chi connectivity index (χ0v) is 32.7. The van der Waals surface area contributed by atoms with Crippen molar-refractivity contribution in [2.75, 3.05) is 4.90 Å². The van der Waals surface area contributed by atoms with Gasteiger partial charge in [0.15, 0.2) is 0 Å². The van der Waals surface area contributed by atoms with Crippen LogP contribution >= 0.6 is 0 Å². The second kappa shape index (κ2) is 14.7. The maximum absolute atomic E-state index is 2.61. The van der Waals surface area contributed by atoms with Gasteiger partial charge in [0.25, 0.3) is 0 Å². The summed E-state index contributed by atoms with van der Waals surface area (Å²) >= 11 is 0. The van der Waals surface area contributed by atoms with Gasteiger partial charge in [-0.2, -0.15) is 0 Å². The molecule has 6 aromatic rings. The van der Waals surface area contributed by atoms with Crippen LogP contribution in [0.2, 0.25) is 0 Å². The summed E-state index contributed by atoms with van der Waals surface area (Å²) in [5.74, 6) is 0.853. The summed E-state index contributed by atoms with van der Waals surface area (Å²) in [7, 11) is 0. The lowest BCUT2D eigenvalue weighted by Gasteiger charge is -2.36. The van der Waals surface area contributed by atoms with E-state index >= 15 is 0 Å². The molecule has 0 spiro atoms. The van der Waals surface area contributed by atoms with Gasteiger partial charge >= 0.3 is 0 Å². The van der Waals surface area contributed by atoms with Gasteiger partial charge < -0.3 is 9.47 Å². The topological polar surface area (TPSA) is 8.17 Å². The van der Waals surface area contributed by atoms with E-state index in [4.69, 9.17) is 0 Å². The van der Waals surface area contributed by atoms with Crippen LogP contribution in [-0.4, -0.2) is 10.6 Å². The fourth-order valence-corrected chi connectivity index (χ4v) is 10.0. The van der Waals surface area contributed by atoms with Gasteiger partial charge in [0.05, 0.1) is 11.6 Å². The molecule has 0 aliphatic heterocycles. The molecule has 0 saturated heterocycles. The van der Waals surface area contributed by atoms with E-state index in [0.717, 1.165) is 32.1 Å². The molecule has 1 heterocycles. The van der Waals surface area contributed by atoms with E-state index in [9.17, 15) is 0 Å². The minimum Gasteiger partial charge on any atom is -0.338 e. The lowest BCUT2D eigenvalue weighted by Crippen LogP contribution is -2.34. The number of fused-ring (bicyclic) bond motifs is 6. The molecule has 2 heteroatoms. The summed E-state index contributed by atoms with van der Waals surface area (Å²) in [5.41, 5.74) is 18.5. The van der Waals surface area contributed by atoms with Crippen molar-refractivity contribution in [1.82, 2.24) is 4.57 Å². The minimum atomic E-state index is 0.210. The zero-order valence-electron chi connectivity index (χ0n) is 32.7. The summed E-state index contributed by atoms with van der Waals surface area (Å²) in [6.45, 7) is 0. The van der Waals surface area contributed by atoms with Crippen LogP contribution in [0.15, 0.2) is 194 Å². The van der Waals surface area contributed by atoms with E-state index in [1.807, 2.05) is 0 Å². The van der Waals surface area contributed by atoms with Crippen LogP contribution in [0.4, 0.5) is 5.69 Å². The maximum Gasteiger partial charge on any atom is 0.0557 e. The summed E-state index contributed by atoms with van der Waals surface area (Å²) in [6, 6.07) is 45.2. The number of aromatic nitrogens is 1. The molecular weight excluding hydrogens is 701 g/mol. The van der Waals surface area contributed by atoms with Crippen LogP contribution in [0.25, 0.3) is 51.0 Å². The molecule has 0 bridgehead atoms. The molecule has 0 amide bonds. The van der Waals surface area contributed by atoms with Gasteiger partial charge in [-0.15, -0.1) is 0 Å². The van der Waals surface area contributed by atoms with Crippen molar-refractivity contribution >= 4 is 39.9 Å². The molecular formula is C56H46N2. The average Bonchev–Trinajstić information content (AvgIpc) is 3.65. The normalized spacial score (nSPS) is 20.2. The van der Waals surface area contributed by atoms with Crippen molar-refractivity contribution in [2.24, 2.45) is 5.92 Å². The van der Waals surface area contributed by atoms with Crippen molar-refractivity contribution in [2.45, 2.75) is 44.1 Å². The Kier molecular flexibility index (Phi) is 8.77. The van der Waals surface area contributed by atoms with Gasteiger partial charge in [0, 0.05) is 45.6 Å². The average molecular weight is 747 g/mol. The number of nitrogens with zero attached hydrogens (tertiary/aromatic N) is 2. The molecule has 2 nitrogen and oxygen atoms in total. The first-order chi connectivity index (χ1) is 28.8. The molecule has 0 radical (unpaired) electrons. The standard InChI is InChI=1S/C56H46N2/c1-3-13-39(14-4-1)41-27-31-46(32-28-41)57(47-33-29-42(30-34-47)40-15-5-2-6-16-40)48-19-11-18-44(37-48)52-22-12-24-55-56(52)53-21-9-10-23-54(53)58(55)49-35-36-51-45(38-49)26-25-43-17-7-8-20-50(43)51/h1-9,11-22,24-29,31,33,35-38,43,46,50H,10,23,30,32,34H2. The van der Waals surface area contributed by atoms with Crippen LogP contribution in [0.5, 0.6) is 0 Å². The summed E-state index contributed by atoms with van der Waals surface area (Å²) in [4.78, 5) is 2.61. The van der Waals surface area contributed by atoms with Gasteiger partial charge in [-0.1, -0.05) is 164 Å². The van der Waals surface area contributed by atoms with E-state index < -0.39 is 0 Å². The van der Waals surface area contributed by atoms with Crippen LogP contribution < -0.4 is 4.90 Å². The van der Waals surface area contributed by atoms with E-state index in [1.165, 1.54) is 83.8 Å². The highest BCUT2D eigenvalue weighted by atomic mass is 15.2. The number of rotatable bonds is 7. The van der Waals surface area contributed by atoms with Crippen molar-refractivity contribution < 1.29 is 0 Å². The SMILES string of the molecule is C1=CC2C=Cc3cc(-n4c5c(c6c(-c7cccc(N(C8=CC=C(c9ccccc9)CC8)C8C=CC(c9ccccc9)=CC8)c7)cccc64)C=CCC5)ccc3C2C=C1. The number of anilines is 1. The van der Waals surface area contributed by atoms with E-state index in [2.05, 4.69) is 210 Å². The molecule has 3 atom stereocenters. The fraction of sp³-hybridized carbons (Fsp3) is 0.143. The third-order valence-electron chi connectivity index (χ3n) is 12.9. The van der Waals surface area contributed by atoms with Crippen molar-refractivity contribution in [3.05, 3.63) is 227 Å². The Morgan fingerprint density at radius 3 is 2.28 bits per heavy atom. The highest BCUT2D eigenvalue weighted by molar-refractivity contribution is 6.04. The first-order valence-electron chi connectivity index (χ1n) is 21.1. The molecule has 0 saturated carbocycles. The van der Waals surface area contributed by atoms with Crippen molar-refractivity contribution in [3.8, 4) is 16.8 Å². The smallest absolute Gasteiger partial charge is 0.0557 e. The zero-order chi connectivity index (χ0) is 38.4. The Bertz CT molecular complexity index is 2810. The Morgan fingerprint density at radius 2 is 1.45 bits per heavy atom. The lowest BCUT2D eigenvalue weighted by molar-refractivity contribution is 0.692. The van der Waals surface area contributed by atoms with Crippen LogP contribution in [-0.2, 0) is 6.42 Å². The molecule has 0 N–H and O–H groups in total. The molecule has 280 valence electrons. The largest absolute Gasteiger partial charge is 0.338 e. The highest BCUT2D eigenvalue weighted by Crippen LogP contribution is 2.44. The first-order valence-corrected chi connectivity index (χ1v) is 21.1.